The summed E-state index contributed by atoms with van der Waals surface area (Å²) < 4.78 is 22.8. The summed E-state index contributed by atoms with van der Waals surface area (Å²) in [5.41, 5.74) is 0.122. The molecule has 1 N–H and O–H groups in total. The molecule has 3 atom stereocenters. The highest BCUT2D eigenvalue weighted by Crippen LogP contribution is 2.50. The van der Waals surface area contributed by atoms with E-state index in [9.17, 15) is 9.90 Å². The molecule has 3 aromatic rings. The van der Waals surface area contributed by atoms with Crippen LogP contribution in [0, 0.1) is 17.1 Å². The number of pyridine rings is 1. The standard InChI is InChI=1S/C26H20BrClFN3O3.C2H6/c27-17-9-22-24(23(29)10-17)26(16-2-4-18(28)5-3-16,35-21-8-7-20(33)11-21)32(25(22)34)14-19-6-1-15(12-30)13-31-19;1-2/h1-6,9-10,13,20-21,33H,7-8,11,14H2;1-2H3. The monoisotopic (exact) mass is 585 g/mol. The zero-order valence-electron chi connectivity index (χ0n) is 20.4. The lowest BCUT2D eigenvalue weighted by Crippen LogP contribution is -2.48. The third kappa shape index (κ3) is 5.14. The number of carbonyl (C=O) groups is 1. The van der Waals surface area contributed by atoms with Gasteiger partial charge >= 0.3 is 0 Å². The Bertz CT molecular complexity index is 1330. The van der Waals surface area contributed by atoms with Crippen molar-refractivity contribution in [2.75, 3.05) is 0 Å². The first-order chi connectivity index (χ1) is 17.8. The lowest BCUT2D eigenvalue weighted by Gasteiger charge is -2.41. The van der Waals surface area contributed by atoms with Gasteiger partial charge in [-0.3, -0.25) is 14.7 Å². The molecular weight excluding hydrogens is 561 g/mol. The molecule has 2 aliphatic rings. The van der Waals surface area contributed by atoms with E-state index in [0.717, 1.165) is 0 Å². The largest absolute Gasteiger partial charge is 0.393 e. The van der Waals surface area contributed by atoms with Crippen molar-refractivity contribution in [1.82, 2.24) is 9.88 Å². The Morgan fingerprint density at radius 3 is 2.57 bits per heavy atom. The highest BCUT2D eigenvalue weighted by molar-refractivity contribution is 9.10. The summed E-state index contributed by atoms with van der Waals surface area (Å²) in [6.07, 6.45) is 2.00. The molecule has 2 aromatic carbocycles. The van der Waals surface area contributed by atoms with Crippen LogP contribution >= 0.6 is 27.5 Å². The second-order valence-corrected chi connectivity index (χ2v) is 10.1. The summed E-state index contributed by atoms with van der Waals surface area (Å²) in [5, 5.41) is 19.8. The first-order valence-electron chi connectivity index (χ1n) is 12.1. The zero-order chi connectivity index (χ0) is 26.7. The molecule has 0 spiro atoms. The highest BCUT2D eigenvalue weighted by atomic mass is 79.9. The number of hydrogen-bond donors (Lipinski definition) is 1. The Morgan fingerprint density at radius 1 is 1.24 bits per heavy atom. The number of rotatable bonds is 5. The minimum absolute atomic E-state index is 0.00812. The van der Waals surface area contributed by atoms with Crippen molar-refractivity contribution in [2.24, 2.45) is 0 Å². The van der Waals surface area contributed by atoms with Crippen molar-refractivity contribution in [3.63, 3.8) is 0 Å². The van der Waals surface area contributed by atoms with Crippen molar-refractivity contribution >= 4 is 33.4 Å². The van der Waals surface area contributed by atoms with Gasteiger partial charge in [0.1, 0.15) is 11.9 Å². The molecule has 0 radical (unpaired) electrons. The molecule has 1 aliphatic carbocycles. The fourth-order valence-corrected chi connectivity index (χ4v) is 5.43. The molecule has 1 amide bonds. The zero-order valence-corrected chi connectivity index (χ0v) is 22.8. The van der Waals surface area contributed by atoms with Gasteiger partial charge in [0, 0.05) is 21.3 Å². The van der Waals surface area contributed by atoms with E-state index < -0.39 is 29.7 Å². The first-order valence-corrected chi connectivity index (χ1v) is 13.3. The molecule has 0 saturated heterocycles. The predicted molar refractivity (Wildman–Crippen MR) is 141 cm³/mol. The van der Waals surface area contributed by atoms with E-state index in [2.05, 4.69) is 20.9 Å². The molecule has 192 valence electrons. The third-order valence-electron chi connectivity index (χ3n) is 6.45. The van der Waals surface area contributed by atoms with Crippen molar-refractivity contribution in [1.29, 1.82) is 5.26 Å². The summed E-state index contributed by atoms with van der Waals surface area (Å²) in [6.45, 7) is 4.01. The average molecular weight is 587 g/mol. The number of carbonyl (C=O) groups excluding carboxylic acids is 1. The smallest absolute Gasteiger partial charge is 0.257 e. The molecule has 1 aromatic heterocycles. The van der Waals surface area contributed by atoms with Gasteiger partial charge in [0.05, 0.1) is 41.1 Å². The molecular formula is C28H26BrClFN3O3. The van der Waals surface area contributed by atoms with Gasteiger partial charge in [-0.2, -0.15) is 5.26 Å². The molecule has 9 heteroatoms. The Balaban J connectivity index is 0.00000156. The number of halogens is 3. The molecule has 1 aliphatic heterocycles. The second-order valence-electron chi connectivity index (χ2n) is 8.71. The van der Waals surface area contributed by atoms with Crippen LogP contribution in [0.15, 0.2) is 59.2 Å². The number of fused-ring (bicyclic) bond motifs is 1. The van der Waals surface area contributed by atoms with Crippen LogP contribution in [0.4, 0.5) is 4.39 Å². The number of aliphatic hydroxyl groups excluding tert-OH is 1. The first kappa shape index (κ1) is 27.2. The Morgan fingerprint density at radius 2 is 1.97 bits per heavy atom. The van der Waals surface area contributed by atoms with Crippen molar-refractivity contribution in [3.8, 4) is 6.07 Å². The second kappa shape index (κ2) is 11.3. The van der Waals surface area contributed by atoms with Gasteiger partial charge in [0.15, 0.2) is 0 Å². The fourth-order valence-electron chi connectivity index (χ4n) is 4.87. The predicted octanol–water partition coefficient (Wildman–Crippen LogP) is 6.32. The van der Waals surface area contributed by atoms with E-state index >= 15 is 4.39 Å². The van der Waals surface area contributed by atoms with Gasteiger partial charge in [0.25, 0.3) is 5.91 Å². The molecule has 0 bridgehead atoms. The average Bonchev–Trinajstić information content (AvgIpc) is 3.40. The number of hydrogen-bond acceptors (Lipinski definition) is 5. The number of nitrogens with zero attached hydrogens (tertiary/aromatic N) is 3. The number of ether oxygens (including phenoxy) is 1. The van der Waals surface area contributed by atoms with Crippen LogP contribution in [-0.4, -0.2) is 33.1 Å². The van der Waals surface area contributed by atoms with E-state index in [0.29, 0.717) is 45.6 Å². The van der Waals surface area contributed by atoms with E-state index in [-0.39, 0.29) is 17.7 Å². The minimum atomic E-state index is -1.61. The molecule has 1 saturated carbocycles. The molecule has 1 fully saturated rings. The van der Waals surface area contributed by atoms with E-state index in [4.69, 9.17) is 21.6 Å². The summed E-state index contributed by atoms with van der Waals surface area (Å²) in [4.78, 5) is 19.6. The molecule has 5 rings (SSSR count). The number of aromatic nitrogens is 1. The number of nitriles is 1. The topological polar surface area (TPSA) is 86.5 Å². The van der Waals surface area contributed by atoms with Gasteiger partial charge in [-0.25, -0.2) is 4.39 Å². The highest BCUT2D eigenvalue weighted by Gasteiger charge is 2.55. The van der Waals surface area contributed by atoms with Crippen molar-refractivity contribution < 1.29 is 19.0 Å². The van der Waals surface area contributed by atoms with Crippen LogP contribution in [0.1, 0.15) is 65.9 Å². The minimum Gasteiger partial charge on any atom is -0.393 e. The van der Waals surface area contributed by atoms with Crippen LogP contribution in [0.3, 0.4) is 0 Å². The maximum absolute atomic E-state index is 15.7. The molecule has 6 nitrogen and oxygen atoms in total. The number of amides is 1. The maximum Gasteiger partial charge on any atom is 0.257 e. The van der Waals surface area contributed by atoms with Crippen LogP contribution in [-0.2, 0) is 17.0 Å². The SMILES string of the molecule is CC.N#Cc1ccc(CN2C(=O)c3cc(Br)cc(F)c3C2(OC2CCC(O)C2)c2ccc(Cl)cc2)nc1. The molecule has 3 unspecified atom stereocenters. The van der Waals surface area contributed by atoms with Crippen molar-refractivity contribution in [2.45, 2.75) is 57.6 Å². The Kier molecular flexibility index (Phi) is 8.29. The van der Waals surface area contributed by atoms with Crippen molar-refractivity contribution in [3.05, 3.63) is 98.0 Å². The van der Waals surface area contributed by atoms with Gasteiger partial charge in [-0.1, -0.05) is 53.5 Å². The number of aliphatic hydroxyl groups is 1. The summed E-state index contributed by atoms with van der Waals surface area (Å²) in [5.74, 6) is -1.01. The van der Waals surface area contributed by atoms with Crippen LogP contribution in [0.5, 0.6) is 0 Å². The van der Waals surface area contributed by atoms with E-state index in [1.165, 1.54) is 17.2 Å². The summed E-state index contributed by atoms with van der Waals surface area (Å²) >= 11 is 9.46. The molecule has 37 heavy (non-hydrogen) atoms. The lowest BCUT2D eigenvalue weighted by molar-refractivity contribution is -0.149. The van der Waals surface area contributed by atoms with Crippen LogP contribution < -0.4 is 0 Å². The molecule has 2 heterocycles. The number of benzene rings is 2. The van der Waals surface area contributed by atoms with E-state index in [1.807, 2.05) is 19.9 Å². The van der Waals surface area contributed by atoms with Gasteiger partial charge in [-0.15, -0.1) is 0 Å². The van der Waals surface area contributed by atoms with Crippen LogP contribution in [0.25, 0.3) is 0 Å². The van der Waals surface area contributed by atoms with Gasteiger partial charge in [-0.05, 0) is 55.7 Å². The summed E-state index contributed by atoms with van der Waals surface area (Å²) in [7, 11) is 0. The fraction of sp³-hybridized carbons (Fsp3) is 0.321. The Labute approximate surface area is 228 Å². The Hall–Kier alpha value is -2.83. The van der Waals surface area contributed by atoms with Gasteiger partial charge in [0.2, 0.25) is 5.72 Å². The van der Waals surface area contributed by atoms with Gasteiger partial charge < -0.3 is 9.84 Å². The van der Waals surface area contributed by atoms with E-state index in [1.54, 1.807) is 42.5 Å². The summed E-state index contributed by atoms with van der Waals surface area (Å²) in [6, 6.07) is 15.0. The maximum atomic E-state index is 15.7. The lowest BCUT2D eigenvalue weighted by atomic mass is 9.92. The quantitative estimate of drug-likeness (QED) is 0.378. The third-order valence-corrected chi connectivity index (χ3v) is 7.16. The normalized spacial score (nSPS) is 22.3. The van der Waals surface area contributed by atoms with Crippen LogP contribution in [0.2, 0.25) is 5.02 Å².